The molecule has 6 nitrogen and oxygen atoms in total. The highest BCUT2D eigenvalue weighted by Crippen LogP contribution is 2.24. The Morgan fingerprint density at radius 3 is 2.76 bits per heavy atom. The molecular weight excluding hydrogens is 272 g/mol. The average Bonchev–Trinajstić information content (AvgIpc) is 2.43. The molecule has 0 aliphatic heterocycles. The molecule has 1 fully saturated rings. The summed E-state index contributed by atoms with van der Waals surface area (Å²) >= 11 is 0. The summed E-state index contributed by atoms with van der Waals surface area (Å²) in [5.74, 6) is -1.10. The Kier molecular flexibility index (Phi) is 4.45. The first-order chi connectivity index (χ1) is 9.94. The van der Waals surface area contributed by atoms with Crippen LogP contribution in [-0.2, 0) is 4.79 Å². The van der Waals surface area contributed by atoms with E-state index < -0.39 is 17.4 Å². The van der Waals surface area contributed by atoms with Gasteiger partial charge in [-0.1, -0.05) is 6.92 Å². The number of carbonyl (C=O) groups is 2. The van der Waals surface area contributed by atoms with Crippen molar-refractivity contribution in [3.05, 3.63) is 23.9 Å². The third-order valence-electron chi connectivity index (χ3n) is 3.91. The fraction of sp³-hybridized carbons (Fsp3) is 0.533. The van der Waals surface area contributed by atoms with Gasteiger partial charge >= 0.3 is 5.97 Å². The second kappa shape index (κ2) is 6.11. The van der Waals surface area contributed by atoms with E-state index in [1.54, 1.807) is 19.1 Å². The quantitative estimate of drug-likeness (QED) is 0.837. The molecule has 0 aromatic carbocycles. The minimum atomic E-state index is -1.28. The van der Waals surface area contributed by atoms with Crippen molar-refractivity contribution in [1.29, 1.82) is 0 Å². The molecule has 0 bridgehead atoms. The molecule has 114 valence electrons. The lowest BCUT2D eigenvalue weighted by molar-refractivity contribution is -0.143. The molecule has 21 heavy (non-hydrogen) atoms. The zero-order valence-electron chi connectivity index (χ0n) is 12.3. The molecule has 0 radical (unpaired) electrons. The summed E-state index contributed by atoms with van der Waals surface area (Å²) in [6.45, 7) is 3.20. The highest BCUT2D eigenvalue weighted by Gasteiger charge is 2.33. The van der Waals surface area contributed by atoms with Crippen LogP contribution in [-0.4, -0.2) is 33.6 Å². The van der Waals surface area contributed by atoms with Gasteiger partial charge in [-0.2, -0.15) is 0 Å². The smallest absolute Gasteiger partial charge is 0.329 e. The van der Waals surface area contributed by atoms with E-state index in [-0.39, 0.29) is 6.10 Å². The summed E-state index contributed by atoms with van der Waals surface area (Å²) in [6.07, 6.45) is 5.13. The Morgan fingerprint density at radius 2 is 2.24 bits per heavy atom. The van der Waals surface area contributed by atoms with Crippen LogP contribution in [0.3, 0.4) is 0 Å². The van der Waals surface area contributed by atoms with E-state index in [2.05, 4.69) is 10.3 Å². The number of ether oxygens (including phenoxy) is 1. The third-order valence-corrected chi connectivity index (χ3v) is 3.91. The van der Waals surface area contributed by atoms with E-state index in [1.165, 1.54) is 13.1 Å². The minimum absolute atomic E-state index is 0.177. The fourth-order valence-corrected chi connectivity index (χ4v) is 1.89. The van der Waals surface area contributed by atoms with Crippen molar-refractivity contribution in [3.63, 3.8) is 0 Å². The molecule has 1 unspecified atom stereocenters. The highest BCUT2D eigenvalue weighted by atomic mass is 16.5. The predicted molar refractivity (Wildman–Crippen MR) is 76.3 cm³/mol. The van der Waals surface area contributed by atoms with Gasteiger partial charge in [0.05, 0.1) is 0 Å². The summed E-state index contributed by atoms with van der Waals surface area (Å²) in [4.78, 5) is 27.5. The van der Waals surface area contributed by atoms with Gasteiger partial charge in [0, 0.05) is 17.8 Å². The number of aliphatic carboxylic acids is 1. The zero-order chi connectivity index (χ0) is 15.5. The summed E-state index contributed by atoms with van der Waals surface area (Å²) in [6, 6.07) is 3.09. The van der Waals surface area contributed by atoms with Crippen LogP contribution in [0, 0.1) is 0 Å². The van der Waals surface area contributed by atoms with Crippen molar-refractivity contribution < 1.29 is 19.4 Å². The van der Waals surface area contributed by atoms with Gasteiger partial charge in [-0.25, -0.2) is 9.78 Å². The third kappa shape index (κ3) is 3.51. The first-order valence-corrected chi connectivity index (χ1v) is 7.13. The zero-order valence-corrected chi connectivity index (χ0v) is 12.3. The number of aromatic nitrogens is 1. The van der Waals surface area contributed by atoms with Crippen LogP contribution in [0.15, 0.2) is 18.3 Å². The van der Waals surface area contributed by atoms with Crippen LogP contribution in [0.4, 0.5) is 0 Å². The lowest BCUT2D eigenvalue weighted by Crippen LogP contribution is -2.51. The lowest BCUT2D eigenvalue weighted by atomic mass is 9.96. The molecule has 0 spiro atoms. The standard InChI is InChI=1S/C15H20N2O4/c1-3-15(2,14(19)20)17-13(18)10-7-8-16-12(9-10)21-11-5-4-6-11/h7-9,11H,3-6H2,1-2H3,(H,17,18)(H,19,20). The number of carboxylic acids is 1. The second-order valence-electron chi connectivity index (χ2n) is 5.50. The van der Waals surface area contributed by atoms with Crippen molar-refractivity contribution in [2.75, 3.05) is 0 Å². The number of hydrogen-bond acceptors (Lipinski definition) is 4. The van der Waals surface area contributed by atoms with E-state index in [1.807, 2.05) is 0 Å². The molecule has 2 rings (SSSR count). The monoisotopic (exact) mass is 292 g/mol. The van der Waals surface area contributed by atoms with Crippen molar-refractivity contribution in [2.24, 2.45) is 0 Å². The molecular formula is C15H20N2O4. The van der Waals surface area contributed by atoms with Crippen LogP contribution in [0.5, 0.6) is 5.88 Å². The van der Waals surface area contributed by atoms with Crippen LogP contribution >= 0.6 is 0 Å². The van der Waals surface area contributed by atoms with E-state index in [9.17, 15) is 14.7 Å². The molecule has 1 saturated carbocycles. The highest BCUT2D eigenvalue weighted by molar-refractivity contribution is 5.97. The maximum atomic E-state index is 12.2. The van der Waals surface area contributed by atoms with Crippen molar-refractivity contribution >= 4 is 11.9 Å². The molecule has 6 heteroatoms. The SMILES string of the molecule is CCC(C)(NC(=O)c1ccnc(OC2CCC2)c1)C(=O)O. The Labute approximate surface area is 123 Å². The maximum absolute atomic E-state index is 12.2. The van der Waals surface area contributed by atoms with Crippen LogP contribution in [0.1, 0.15) is 49.9 Å². The predicted octanol–water partition coefficient (Wildman–Crippen LogP) is 2.00. The Morgan fingerprint density at radius 1 is 1.52 bits per heavy atom. The Hall–Kier alpha value is -2.11. The van der Waals surface area contributed by atoms with Gasteiger partial charge in [0.2, 0.25) is 5.88 Å². The molecule has 1 heterocycles. The molecule has 1 aromatic heterocycles. The van der Waals surface area contributed by atoms with Crippen LogP contribution in [0.2, 0.25) is 0 Å². The summed E-state index contributed by atoms with van der Waals surface area (Å²) in [7, 11) is 0. The van der Waals surface area contributed by atoms with E-state index in [4.69, 9.17) is 4.74 Å². The van der Waals surface area contributed by atoms with Gasteiger partial charge in [0.1, 0.15) is 11.6 Å². The second-order valence-corrected chi connectivity index (χ2v) is 5.50. The molecule has 1 atom stereocenters. The van der Waals surface area contributed by atoms with Gasteiger partial charge in [-0.05, 0) is 38.7 Å². The van der Waals surface area contributed by atoms with Crippen LogP contribution < -0.4 is 10.1 Å². The molecule has 0 saturated heterocycles. The van der Waals surface area contributed by atoms with E-state index in [0.29, 0.717) is 17.9 Å². The number of pyridine rings is 1. The number of carbonyl (C=O) groups excluding carboxylic acids is 1. The van der Waals surface area contributed by atoms with Crippen molar-refractivity contribution in [3.8, 4) is 5.88 Å². The number of hydrogen-bond donors (Lipinski definition) is 2. The first kappa shape index (κ1) is 15.3. The number of amides is 1. The largest absolute Gasteiger partial charge is 0.480 e. The van der Waals surface area contributed by atoms with Crippen molar-refractivity contribution in [1.82, 2.24) is 10.3 Å². The molecule has 1 aliphatic rings. The molecule has 2 N–H and O–H groups in total. The van der Waals surface area contributed by atoms with Crippen LogP contribution in [0.25, 0.3) is 0 Å². The maximum Gasteiger partial charge on any atom is 0.329 e. The summed E-state index contributed by atoms with van der Waals surface area (Å²) in [5.41, 5.74) is -0.935. The topological polar surface area (TPSA) is 88.5 Å². The van der Waals surface area contributed by atoms with Crippen molar-refractivity contribution in [2.45, 2.75) is 51.2 Å². The van der Waals surface area contributed by atoms with Gasteiger partial charge in [-0.3, -0.25) is 4.79 Å². The first-order valence-electron chi connectivity index (χ1n) is 7.13. The molecule has 1 aliphatic carbocycles. The Balaban J connectivity index is 2.08. The van der Waals surface area contributed by atoms with E-state index >= 15 is 0 Å². The number of nitrogens with one attached hydrogen (secondary N) is 1. The summed E-state index contributed by atoms with van der Waals surface area (Å²) in [5, 5.41) is 11.7. The van der Waals surface area contributed by atoms with Gasteiger partial charge in [0.25, 0.3) is 5.91 Å². The fourth-order valence-electron chi connectivity index (χ4n) is 1.89. The van der Waals surface area contributed by atoms with Gasteiger partial charge < -0.3 is 15.2 Å². The number of rotatable bonds is 6. The minimum Gasteiger partial charge on any atom is -0.480 e. The summed E-state index contributed by atoms with van der Waals surface area (Å²) < 4.78 is 5.64. The average molecular weight is 292 g/mol. The van der Waals surface area contributed by atoms with Gasteiger partial charge in [0.15, 0.2) is 0 Å². The Bertz CT molecular complexity index is 542. The lowest BCUT2D eigenvalue weighted by Gasteiger charge is -2.26. The molecule has 1 amide bonds. The normalized spacial score (nSPS) is 17.4. The number of carboxylic acid groups (broad SMARTS) is 1. The molecule has 1 aromatic rings. The number of nitrogens with zero attached hydrogens (tertiary/aromatic N) is 1. The van der Waals surface area contributed by atoms with Gasteiger partial charge in [-0.15, -0.1) is 0 Å². The van der Waals surface area contributed by atoms with E-state index in [0.717, 1.165) is 19.3 Å².